The molecular formula is C12H21N3O7. The van der Waals surface area contributed by atoms with Crippen LogP contribution in [0.4, 0.5) is 0 Å². The van der Waals surface area contributed by atoms with Crippen LogP contribution in [0.25, 0.3) is 0 Å². The van der Waals surface area contributed by atoms with Gasteiger partial charge in [-0.3, -0.25) is 19.2 Å². The van der Waals surface area contributed by atoms with Crippen LogP contribution < -0.4 is 17.2 Å². The van der Waals surface area contributed by atoms with Crippen molar-refractivity contribution in [2.75, 3.05) is 0 Å². The first kappa shape index (κ1) is 20.0. The minimum absolute atomic E-state index is 0.123. The summed E-state index contributed by atoms with van der Waals surface area (Å²) < 4.78 is 0. The van der Waals surface area contributed by atoms with Gasteiger partial charge in [0.05, 0.1) is 0 Å². The first-order valence-corrected chi connectivity index (χ1v) is 6.55. The number of carbonyl (C=O) groups is 4. The fraction of sp³-hybridized carbons (Fsp3) is 0.667. The number of carboxylic acids is 3. The fourth-order valence-electron chi connectivity index (χ4n) is 1.80. The van der Waals surface area contributed by atoms with Gasteiger partial charge in [-0.25, -0.2) is 0 Å². The van der Waals surface area contributed by atoms with Gasteiger partial charge in [-0.05, 0) is 19.3 Å². The summed E-state index contributed by atoms with van der Waals surface area (Å²) in [5.74, 6) is -5.69. The van der Waals surface area contributed by atoms with E-state index in [0.29, 0.717) is 0 Å². The zero-order chi connectivity index (χ0) is 17.4. The Labute approximate surface area is 126 Å². The molecule has 0 aromatic carbocycles. The molecule has 0 bridgehead atoms. The fourth-order valence-corrected chi connectivity index (χ4v) is 1.80. The van der Waals surface area contributed by atoms with Gasteiger partial charge in [0.1, 0.15) is 23.9 Å². The molecule has 0 aliphatic carbocycles. The first-order chi connectivity index (χ1) is 10.1. The van der Waals surface area contributed by atoms with Crippen molar-refractivity contribution >= 4 is 23.7 Å². The van der Waals surface area contributed by atoms with Crippen molar-refractivity contribution in [3.8, 4) is 0 Å². The van der Waals surface area contributed by atoms with Gasteiger partial charge in [-0.2, -0.15) is 0 Å². The summed E-state index contributed by atoms with van der Waals surface area (Å²) in [4.78, 5) is 44.2. The minimum Gasteiger partial charge on any atom is -0.480 e. The summed E-state index contributed by atoms with van der Waals surface area (Å²) in [7, 11) is 0. The molecule has 0 saturated heterocycles. The minimum atomic E-state index is -1.52. The van der Waals surface area contributed by atoms with Gasteiger partial charge in [-0.15, -0.1) is 0 Å². The number of hydrogen-bond acceptors (Lipinski definition) is 7. The molecule has 10 nitrogen and oxygen atoms in total. The average molecular weight is 319 g/mol. The largest absolute Gasteiger partial charge is 0.480 e. The number of Topliss-reactive ketones (excluding diaryl/α,β-unsaturated/α-hetero) is 1. The predicted octanol–water partition coefficient (Wildman–Crippen LogP) is -2.03. The lowest BCUT2D eigenvalue weighted by molar-refractivity contribution is -0.143. The van der Waals surface area contributed by atoms with Crippen molar-refractivity contribution in [2.24, 2.45) is 23.1 Å². The Morgan fingerprint density at radius 1 is 0.727 bits per heavy atom. The van der Waals surface area contributed by atoms with Crippen molar-refractivity contribution in [3.05, 3.63) is 0 Å². The highest BCUT2D eigenvalue weighted by Gasteiger charge is 2.31. The van der Waals surface area contributed by atoms with Crippen molar-refractivity contribution in [3.63, 3.8) is 0 Å². The first-order valence-electron chi connectivity index (χ1n) is 6.55. The van der Waals surface area contributed by atoms with Crippen LogP contribution in [0, 0.1) is 5.92 Å². The lowest BCUT2D eigenvalue weighted by atomic mass is 9.87. The van der Waals surface area contributed by atoms with Crippen LogP contribution in [0.1, 0.15) is 25.7 Å². The Balaban J connectivity index is 4.77. The Morgan fingerprint density at radius 2 is 1.18 bits per heavy atom. The SMILES string of the molecule is NC(CCC(=O)C(CCC(N)C(=O)O)C(N)C(=O)O)C(=O)O. The van der Waals surface area contributed by atoms with E-state index < -0.39 is 47.7 Å². The highest BCUT2D eigenvalue weighted by Crippen LogP contribution is 2.17. The molecule has 4 unspecified atom stereocenters. The van der Waals surface area contributed by atoms with Crippen LogP contribution >= 0.6 is 0 Å². The summed E-state index contributed by atoms with van der Waals surface area (Å²) in [5.41, 5.74) is 16.0. The van der Waals surface area contributed by atoms with Gasteiger partial charge in [0, 0.05) is 12.3 Å². The van der Waals surface area contributed by atoms with E-state index in [2.05, 4.69) is 0 Å². The number of carbonyl (C=O) groups excluding carboxylic acids is 1. The van der Waals surface area contributed by atoms with E-state index in [1.807, 2.05) is 0 Å². The van der Waals surface area contributed by atoms with Crippen LogP contribution in [0.15, 0.2) is 0 Å². The van der Waals surface area contributed by atoms with Gasteiger partial charge in [0.15, 0.2) is 0 Å². The van der Waals surface area contributed by atoms with Gasteiger partial charge in [0.2, 0.25) is 0 Å². The third kappa shape index (κ3) is 6.61. The highest BCUT2D eigenvalue weighted by atomic mass is 16.4. The molecule has 0 amide bonds. The third-order valence-electron chi connectivity index (χ3n) is 3.26. The molecule has 0 spiro atoms. The molecule has 4 atom stereocenters. The molecule has 9 N–H and O–H groups in total. The molecule has 0 aromatic rings. The number of hydrogen-bond donors (Lipinski definition) is 6. The van der Waals surface area contributed by atoms with E-state index in [0.717, 1.165) is 0 Å². The molecule has 126 valence electrons. The van der Waals surface area contributed by atoms with Crippen LogP contribution in [0.3, 0.4) is 0 Å². The smallest absolute Gasteiger partial charge is 0.321 e. The van der Waals surface area contributed by atoms with E-state index >= 15 is 0 Å². The van der Waals surface area contributed by atoms with Gasteiger partial charge < -0.3 is 32.5 Å². The molecule has 0 aliphatic rings. The van der Waals surface area contributed by atoms with Crippen molar-refractivity contribution < 1.29 is 34.5 Å². The molecule has 0 saturated carbocycles. The van der Waals surface area contributed by atoms with Crippen LogP contribution in [-0.4, -0.2) is 57.1 Å². The Morgan fingerprint density at radius 3 is 1.59 bits per heavy atom. The predicted molar refractivity (Wildman–Crippen MR) is 73.8 cm³/mol. The second kappa shape index (κ2) is 9.07. The third-order valence-corrected chi connectivity index (χ3v) is 3.26. The summed E-state index contributed by atoms with van der Waals surface area (Å²) in [6.07, 6.45) is -0.677. The molecule has 0 aromatic heterocycles. The normalized spacial score (nSPS) is 16.3. The molecule has 0 heterocycles. The monoisotopic (exact) mass is 319 g/mol. The molecule has 0 aliphatic heterocycles. The molecule has 22 heavy (non-hydrogen) atoms. The quantitative estimate of drug-likeness (QED) is 0.246. The average Bonchev–Trinajstić information content (AvgIpc) is 2.43. The maximum atomic E-state index is 12.0. The van der Waals surface area contributed by atoms with Crippen molar-refractivity contribution in [2.45, 2.75) is 43.8 Å². The van der Waals surface area contributed by atoms with Crippen molar-refractivity contribution in [1.82, 2.24) is 0 Å². The zero-order valence-electron chi connectivity index (χ0n) is 11.8. The van der Waals surface area contributed by atoms with Gasteiger partial charge in [0.25, 0.3) is 0 Å². The number of nitrogens with two attached hydrogens (primary N) is 3. The standard InChI is InChI=1S/C12H21N3O7/c13-6(10(17)18)2-1-5(9(15)12(21)22)8(16)4-3-7(14)11(19)20/h5-7,9H,1-4,13-15H2,(H,17,18)(H,19,20)(H,21,22). The van der Waals surface area contributed by atoms with E-state index in [4.69, 9.17) is 32.5 Å². The van der Waals surface area contributed by atoms with Gasteiger partial charge >= 0.3 is 17.9 Å². The number of carboxylic acid groups (broad SMARTS) is 3. The molecule has 10 heteroatoms. The zero-order valence-corrected chi connectivity index (χ0v) is 11.8. The molecule has 0 rings (SSSR count). The second-order valence-corrected chi connectivity index (χ2v) is 4.94. The van der Waals surface area contributed by atoms with Gasteiger partial charge in [-0.1, -0.05) is 0 Å². The Hall–Kier alpha value is -2.04. The number of aliphatic carboxylic acids is 3. The molecule has 0 fully saturated rings. The second-order valence-electron chi connectivity index (χ2n) is 4.94. The molecular weight excluding hydrogens is 298 g/mol. The Kier molecular flexibility index (Phi) is 8.23. The molecule has 0 radical (unpaired) electrons. The lowest BCUT2D eigenvalue weighted by Crippen LogP contribution is -2.43. The summed E-state index contributed by atoms with van der Waals surface area (Å²) >= 11 is 0. The maximum absolute atomic E-state index is 12.0. The van der Waals surface area contributed by atoms with Crippen LogP contribution in [-0.2, 0) is 19.2 Å². The summed E-state index contributed by atoms with van der Waals surface area (Å²) in [6, 6.07) is -4.00. The maximum Gasteiger partial charge on any atom is 0.321 e. The Bertz CT molecular complexity index is 440. The van der Waals surface area contributed by atoms with Crippen LogP contribution in [0.5, 0.6) is 0 Å². The summed E-state index contributed by atoms with van der Waals surface area (Å²) in [5, 5.41) is 26.2. The number of rotatable bonds is 11. The van der Waals surface area contributed by atoms with E-state index in [9.17, 15) is 19.2 Å². The van der Waals surface area contributed by atoms with E-state index in [1.54, 1.807) is 0 Å². The lowest BCUT2D eigenvalue weighted by Gasteiger charge is -2.21. The number of ketones is 1. The van der Waals surface area contributed by atoms with E-state index in [-0.39, 0.29) is 25.7 Å². The van der Waals surface area contributed by atoms with E-state index in [1.165, 1.54) is 0 Å². The summed E-state index contributed by atoms with van der Waals surface area (Å²) in [6.45, 7) is 0. The highest BCUT2D eigenvalue weighted by molar-refractivity contribution is 5.88. The van der Waals surface area contributed by atoms with Crippen LogP contribution in [0.2, 0.25) is 0 Å². The van der Waals surface area contributed by atoms with Crippen molar-refractivity contribution in [1.29, 1.82) is 0 Å². The topological polar surface area (TPSA) is 207 Å².